The quantitative estimate of drug-likeness (QED) is 0.596. The molecule has 9 nitrogen and oxygen atoms in total. The molecule has 0 bridgehead atoms. The minimum atomic E-state index is -0.229. The van der Waals surface area contributed by atoms with Crippen molar-refractivity contribution in [1.29, 1.82) is 0 Å². The fourth-order valence-electron chi connectivity index (χ4n) is 3.29. The molecule has 0 aliphatic carbocycles. The van der Waals surface area contributed by atoms with Crippen LogP contribution in [0.2, 0.25) is 0 Å². The van der Waals surface area contributed by atoms with Crippen molar-refractivity contribution >= 4 is 5.57 Å². The van der Waals surface area contributed by atoms with Gasteiger partial charge in [-0.25, -0.2) is 4.98 Å². The average molecular weight is 379 g/mol. The Morgan fingerprint density at radius 2 is 2.18 bits per heavy atom. The molecule has 3 aromatic heterocycles. The standard InChI is InChI=1S/C19H21N7O2/c20-10-14(19-26-25-17(28-19)8-12-2-1-5-22-11-12)18-23-15(9-16(27)24-18)13-3-6-21-7-4-13/h1-2,5,9-11,13,21H,3-4,6-8,20H2,(H,23,24,27). The number of nitrogens with zero attached hydrogens (tertiary/aromatic N) is 4. The van der Waals surface area contributed by atoms with Crippen molar-refractivity contribution in [2.24, 2.45) is 5.73 Å². The minimum Gasteiger partial charge on any atom is -0.420 e. The molecule has 0 atom stereocenters. The molecule has 1 fully saturated rings. The molecule has 0 unspecified atom stereocenters. The maximum atomic E-state index is 12.2. The lowest BCUT2D eigenvalue weighted by Crippen LogP contribution is -2.28. The Bertz CT molecular complexity index is 1020. The summed E-state index contributed by atoms with van der Waals surface area (Å²) in [5.41, 5.74) is 7.69. The molecule has 0 aromatic carbocycles. The van der Waals surface area contributed by atoms with Crippen LogP contribution in [-0.2, 0) is 6.42 Å². The molecule has 0 radical (unpaired) electrons. The summed E-state index contributed by atoms with van der Waals surface area (Å²) >= 11 is 0. The van der Waals surface area contributed by atoms with Crippen LogP contribution in [0.15, 0.2) is 46.0 Å². The lowest BCUT2D eigenvalue weighted by atomic mass is 9.94. The highest BCUT2D eigenvalue weighted by Crippen LogP contribution is 2.25. The number of H-pyrrole nitrogens is 1. The Hall–Kier alpha value is -3.33. The van der Waals surface area contributed by atoms with Crippen LogP contribution >= 0.6 is 0 Å². The van der Waals surface area contributed by atoms with Gasteiger partial charge in [-0.05, 0) is 37.6 Å². The molecule has 0 amide bonds. The fourth-order valence-corrected chi connectivity index (χ4v) is 3.29. The molecule has 1 aliphatic rings. The van der Waals surface area contributed by atoms with Gasteiger partial charge in [0.05, 0.1) is 17.7 Å². The Morgan fingerprint density at radius 1 is 1.32 bits per heavy atom. The van der Waals surface area contributed by atoms with Crippen LogP contribution in [0.3, 0.4) is 0 Å². The van der Waals surface area contributed by atoms with Gasteiger partial charge in [0.2, 0.25) is 5.89 Å². The van der Waals surface area contributed by atoms with Crippen molar-refractivity contribution in [3.05, 3.63) is 76.0 Å². The van der Waals surface area contributed by atoms with E-state index in [0.29, 0.717) is 23.7 Å². The SMILES string of the molecule is NC=C(c1nc(C2CCNCC2)cc(=O)[nH]1)c1nnc(Cc2cccnc2)o1. The molecule has 28 heavy (non-hydrogen) atoms. The van der Waals surface area contributed by atoms with Crippen molar-refractivity contribution in [2.45, 2.75) is 25.2 Å². The zero-order valence-electron chi connectivity index (χ0n) is 15.3. The summed E-state index contributed by atoms with van der Waals surface area (Å²) in [4.78, 5) is 23.6. The zero-order chi connectivity index (χ0) is 19.3. The maximum absolute atomic E-state index is 12.2. The molecule has 4 N–H and O–H groups in total. The smallest absolute Gasteiger partial charge is 0.252 e. The third-order valence-electron chi connectivity index (χ3n) is 4.72. The Morgan fingerprint density at radius 3 is 2.93 bits per heavy atom. The van der Waals surface area contributed by atoms with E-state index in [1.54, 1.807) is 18.5 Å². The van der Waals surface area contributed by atoms with Crippen LogP contribution in [0.25, 0.3) is 5.57 Å². The number of piperidine rings is 1. The summed E-state index contributed by atoms with van der Waals surface area (Å²) < 4.78 is 5.75. The van der Waals surface area contributed by atoms with E-state index in [1.165, 1.54) is 6.20 Å². The van der Waals surface area contributed by atoms with Gasteiger partial charge in [0.1, 0.15) is 5.82 Å². The first-order valence-electron chi connectivity index (χ1n) is 9.19. The van der Waals surface area contributed by atoms with Gasteiger partial charge in [-0.3, -0.25) is 9.78 Å². The van der Waals surface area contributed by atoms with Crippen molar-refractivity contribution < 1.29 is 4.42 Å². The highest BCUT2D eigenvalue weighted by molar-refractivity contribution is 5.70. The number of hydrogen-bond acceptors (Lipinski definition) is 8. The molecule has 144 valence electrons. The summed E-state index contributed by atoms with van der Waals surface area (Å²) in [5, 5.41) is 11.5. The second kappa shape index (κ2) is 8.13. The summed E-state index contributed by atoms with van der Waals surface area (Å²) in [7, 11) is 0. The average Bonchev–Trinajstić information content (AvgIpc) is 3.17. The van der Waals surface area contributed by atoms with Crippen LogP contribution in [0, 0.1) is 0 Å². The molecule has 9 heteroatoms. The van der Waals surface area contributed by atoms with Gasteiger partial charge in [-0.1, -0.05) is 6.07 Å². The first-order valence-corrected chi connectivity index (χ1v) is 9.19. The van der Waals surface area contributed by atoms with E-state index in [9.17, 15) is 4.79 Å². The van der Waals surface area contributed by atoms with Crippen LogP contribution in [0.4, 0.5) is 0 Å². The first kappa shape index (κ1) is 18.1. The van der Waals surface area contributed by atoms with Crippen LogP contribution in [0.1, 0.15) is 47.6 Å². The van der Waals surface area contributed by atoms with Gasteiger partial charge < -0.3 is 20.5 Å². The van der Waals surface area contributed by atoms with Crippen LogP contribution in [-0.4, -0.2) is 38.2 Å². The lowest BCUT2D eigenvalue weighted by molar-refractivity contribution is 0.452. The third-order valence-corrected chi connectivity index (χ3v) is 4.72. The topological polar surface area (TPSA) is 136 Å². The first-order chi connectivity index (χ1) is 13.7. The van der Waals surface area contributed by atoms with E-state index < -0.39 is 0 Å². The summed E-state index contributed by atoms with van der Waals surface area (Å²) in [6.45, 7) is 1.82. The van der Waals surface area contributed by atoms with Crippen LogP contribution < -0.4 is 16.6 Å². The van der Waals surface area contributed by atoms with Gasteiger partial charge in [0, 0.05) is 30.6 Å². The monoisotopic (exact) mass is 379 g/mol. The molecule has 4 rings (SSSR count). The number of hydrogen-bond donors (Lipinski definition) is 3. The number of nitrogens with one attached hydrogen (secondary N) is 2. The molecular formula is C19H21N7O2. The van der Waals surface area contributed by atoms with Gasteiger partial charge in [-0.15, -0.1) is 10.2 Å². The summed E-state index contributed by atoms with van der Waals surface area (Å²) in [6.07, 6.45) is 7.10. The number of pyridine rings is 1. The Balaban J connectivity index is 1.61. The largest absolute Gasteiger partial charge is 0.420 e. The van der Waals surface area contributed by atoms with Gasteiger partial charge in [0.15, 0.2) is 0 Å². The maximum Gasteiger partial charge on any atom is 0.252 e. The minimum absolute atomic E-state index is 0.215. The van der Waals surface area contributed by atoms with Gasteiger partial charge >= 0.3 is 0 Å². The predicted octanol–water partition coefficient (Wildman–Crippen LogP) is 0.954. The summed E-state index contributed by atoms with van der Waals surface area (Å²) in [6, 6.07) is 5.33. The van der Waals surface area contributed by atoms with E-state index in [-0.39, 0.29) is 17.4 Å². The number of rotatable bonds is 5. The van der Waals surface area contributed by atoms with E-state index in [1.807, 2.05) is 12.1 Å². The van der Waals surface area contributed by atoms with E-state index in [0.717, 1.165) is 37.2 Å². The fraction of sp³-hybridized carbons (Fsp3) is 0.316. The van der Waals surface area contributed by atoms with E-state index in [2.05, 4.69) is 30.5 Å². The second-order valence-corrected chi connectivity index (χ2v) is 6.66. The zero-order valence-corrected chi connectivity index (χ0v) is 15.3. The third kappa shape index (κ3) is 3.99. The van der Waals surface area contributed by atoms with Crippen molar-refractivity contribution in [3.63, 3.8) is 0 Å². The molecule has 0 spiro atoms. The Kier molecular flexibility index (Phi) is 5.24. The molecule has 0 saturated carbocycles. The highest BCUT2D eigenvalue weighted by atomic mass is 16.4. The predicted molar refractivity (Wildman–Crippen MR) is 102 cm³/mol. The second-order valence-electron chi connectivity index (χ2n) is 6.66. The molecule has 3 aromatic rings. The molecule has 1 aliphatic heterocycles. The Labute approximate surface area is 161 Å². The van der Waals surface area contributed by atoms with Crippen LogP contribution in [0.5, 0.6) is 0 Å². The summed E-state index contributed by atoms with van der Waals surface area (Å²) in [5.74, 6) is 1.22. The highest BCUT2D eigenvalue weighted by Gasteiger charge is 2.21. The van der Waals surface area contributed by atoms with Gasteiger partial charge in [-0.2, -0.15) is 0 Å². The van der Waals surface area contributed by atoms with Gasteiger partial charge in [0.25, 0.3) is 11.4 Å². The number of nitrogens with two attached hydrogens (primary N) is 1. The number of aromatic nitrogens is 5. The lowest BCUT2D eigenvalue weighted by Gasteiger charge is -2.22. The molecular weight excluding hydrogens is 358 g/mol. The molecule has 1 saturated heterocycles. The van der Waals surface area contributed by atoms with E-state index >= 15 is 0 Å². The van der Waals surface area contributed by atoms with E-state index in [4.69, 9.17) is 10.2 Å². The van der Waals surface area contributed by atoms with Crippen molar-refractivity contribution in [2.75, 3.05) is 13.1 Å². The van der Waals surface area contributed by atoms with Crippen molar-refractivity contribution in [3.8, 4) is 0 Å². The van der Waals surface area contributed by atoms with Crippen molar-refractivity contribution in [1.82, 2.24) is 30.5 Å². The normalized spacial score (nSPS) is 15.6. The number of aromatic amines is 1. The molecule has 4 heterocycles.